The molecule has 0 aliphatic carbocycles. The number of halogens is 1. The van der Waals surface area contributed by atoms with Gasteiger partial charge in [-0.25, -0.2) is 13.4 Å². The normalized spacial score (nSPS) is 13.3. The van der Waals surface area contributed by atoms with Crippen molar-refractivity contribution in [2.75, 3.05) is 6.26 Å². The van der Waals surface area contributed by atoms with Gasteiger partial charge in [-0.15, -0.1) is 11.3 Å². The summed E-state index contributed by atoms with van der Waals surface area (Å²) in [5, 5.41) is 6.72. The van der Waals surface area contributed by atoms with Gasteiger partial charge in [0.15, 0.2) is 9.84 Å². The van der Waals surface area contributed by atoms with Crippen LogP contribution in [0.5, 0.6) is 0 Å². The molecule has 0 bridgehead atoms. The molecule has 1 unspecified atom stereocenters. The Labute approximate surface area is 134 Å². The molecule has 1 atom stereocenters. The van der Waals surface area contributed by atoms with Gasteiger partial charge >= 0.3 is 0 Å². The SMILES string of the molecule is CCC(NCc1c(Cl)cccc1S(C)(=O)=O)c1nccs1. The van der Waals surface area contributed by atoms with Crippen molar-refractivity contribution in [3.05, 3.63) is 45.4 Å². The lowest BCUT2D eigenvalue weighted by Gasteiger charge is -2.16. The van der Waals surface area contributed by atoms with Crippen molar-refractivity contribution in [3.8, 4) is 0 Å². The summed E-state index contributed by atoms with van der Waals surface area (Å²) in [6.07, 6.45) is 3.83. The van der Waals surface area contributed by atoms with Crippen molar-refractivity contribution in [1.82, 2.24) is 10.3 Å². The highest BCUT2D eigenvalue weighted by atomic mass is 35.5. The summed E-state index contributed by atoms with van der Waals surface area (Å²) in [5.74, 6) is 0. The third kappa shape index (κ3) is 4.03. The van der Waals surface area contributed by atoms with Gasteiger partial charge < -0.3 is 5.32 Å². The van der Waals surface area contributed by atoms with E-state index in [1.807, 2.05) is 5.38 Å². The molecule has 21 heavy (non-hydrogen) atoms. The molecule has 1 N–H and O–H groups in total. The van der Waals surface area contributed by atoms with Gasteiger partial charge in [0, 0.05) is 35.0 Å². The van der Waals surface area contributed by atoms with E-state index < -0.39 is 9.84 Å². The molecule has 7 heteroatoms. The van der Waals surface area contributed by atoms with Crippen molar-refractivity contribution >= 4 is 32.8 Å². The van der Waals surface area contributed by atoms with Gasteiger partial charge in [0.1, 0.15) is 5.01 Å². The van der Waals surface area contributed by atoms with Crippen molar-refractivity contribution in [2.45, 2.75) is 30.8 Å². The Balaban J connectivity index is 2.24. The molecule has 0 fully saturated rings. The predicted molar refractivity (Wildman–Crippen MR) is 86.5 cm³/mol. The molecule has 2 aromatic rings. The fraction of sp³-hybridized carbons (Fsp3) is 0.357. The van der Waals surface area contributed by atoms with E-state index in [0.29, 0.717) is 17.1 Å². The highest BCUT2D eigenvalue weighted by molar-refractivity contribution is 7.90. The molecule has 1 aromatic carbocycles. The van der Waals surface area contributed by atoms with E-state index in [4.69, 9.17) is 11.6 Å². The van der Waals surface area contributed by atoms with Gasteiger partial charge in [-0.05, 0) is 18.6 Å². The molecule has 2 rings (SSSR count). The summed E-state index contributed by atoms with van der Waals surface area (Å²) in [4.78, 5) is 4.57. The summed E-state index contributed by atoms with van der Waals surface area (Å²) in [6.45, 7) is 2.45. The zero-order valence-corrected chi connectivity index (χ0v) is 14.2. The Morgan fingerprint density at radius 1 is 1.43 bits per heavy atom. The van der Waals surface area contributed by atoms with E-state index in [1.54, 1.807) is 35.7 Å². The number of hydrogen-bond donors (Lipinski definition) is 1. The van der Waals surface area contributed by atoms with E-state index in [2.05, 4.69) is 17.2 Å². The number of benzene rings is 1. The first-order valence-electron chi connectivity index (χ1n) is 6.53. The molecular weight excluding hydrogens is 328 g/mol. The van der Waals surface area contributed by atoms with E-state index in [-0.39, 0.29) is 10.9 Å². The number of nitrogens with zero attached hydrogens (tertiary/aromatic N) is 1. The predicted octanol–water partition coefficient (Wildman–Crippen LogP) is 3.44. The molecule has 0 amide bonds. The Morgan fingerprint density at radius 3 is 2.76 bits per heavy atom. The second-order valence-electron chi connectivity index (χ2n) is 4.70. The Morgan fingerprint density at radius 2 is 2.19 bits per heavy atom. The molecule has 0 aliphatic heterocycles. The summed E-state index contributed by atoms with van der Waals surface area (Å²) >= 11 is 7.75. The Hall–Kier alpha value is -0.950. The highest BCUT2D eigenvalue weighted by Gasteiger charge is 2.18. The molecule has 0 saturated heterocycles. The van der Waals surface area contributed by atoms with Crippen molar-refractivity contribution in [3.63, 3.8) is 0 Å². The van der Waals surface area contributed by atoms with Gasteiger partial charge in [-0.3, -0.25) is 0 Å². The first kappa shape index (κ1) is 16.4. The largest absolute Gasteiger partial charge is 0.304 e. The van der Waals surface area contributed by atoms with Gasteiger partial charge in [0.2, 0.25) is 0 Å². The summed E-state index contributed by atoms with van der Waals surface area (Å²) in [7, 11) is -3.30. The van der Waals surface area contributed by atoms with Crippen molar-refractivity contribution in [2.24, 2.45) is 0 Å². The molecular formula is C14H17ClN2O2S2. The highest BCUT2D eigenvalue weighted by Crippen LogP contribution is 2.26. The second-order valence-corrected chi connectivity index (χ2v) is 8.02. The summed E-state index contributed by atoms with van der Waals surface area (Å²) < 4.78 is 23.7. The standard InChI is InChI=1S/C14H17ClN2O2S2/c1-3-12(14-16-7-8-20-14)17-9-10-11(15)5-4-6-13(10)21(2,18)19/h4-8,12,17H,3,9H2,1-2H3. The first-order valence-corrected chi connectivity index (χ1v) is 9.68. The van der Waals surface area contributed by atoms with Crippen LogP contribution in [0.4, 0.5) is 0 Å². The minimum atomic E-state index is -3.30. The van der Waals surface area contributed by atoms with Crippen molar-refractivity contribution in [1.29, 1.82) is 0 Å². The molecule has 4 nitrogen and oxygen atoms in total. The van der Waals surface area contributed by atoms with Crippen LogP contribution < -0.4 is 5.32 Å². The summed E-state index contributed by atoms with van der Waals surface area (Å²) in [5.41, 5.74) is 0.608. The van der Waals surface area contributed by atoms with Crippen LogP contribution in [-0.2, 0) is 16.4 Å². The smallest absolute Gasteiger partial charge is 0.175 e. The Kier molecular flexibility index (Phi) is 5.37. The van der Waals surface area contributed by atoms with Gasteiger partial charge in [0.25, 0.3) is 0 Å². The maximum atomic E-state index is 11.9. The van der Waals surface area contributed by atoms with Crippen molar-refractivity contribution < 1.29 is 8.42 Å². The minimum absolute atomic E-state index is 0.0914. The molecule has 1 heterocycles. The van der Waals surface area contributed by atoms with Gasteiger partial charge in [-0.1, -0.05) is 24.6 Å². The zero-order chi connectivity index (χ0) is 15.5. The van der Waals surface area contributed by atoms with Crippen LogP contribution in [0, 0.1) is 0 Å². The number of aromatic nitrogens is 1. The lowest BCUT2D eigenvalue weighted by Crippen LogP contribution is -2.21. The fourth-order valence-corrected chi connectivity index (χ4v) is 4.15. The van der Waals surface area contributed by atoms with Crippen LogP contribution in [0.25, 0.3) is 0 Å². The minimum Gasteiger partial charge on any atom is -0.304 e. The Bertz CT molecular complexity index is 700. The van der Waals surface area contributed by atoms with Gasteiger partial charge in [0.05, 0.1) is 10.9 Å². The molecule has 114 valence electrons. The third-order valence-electron chi connectivity index (χ3n) is 3.16. The van der Waals surface area contributed by atoms with Gasteiger partial charge in [-0.2, -0.15) is 0 Å². The topological polar surface area (TPSA) is 59.1 Å². The average molecular weight is 345 g/mol. The number of sulfone groups is 1. The van der Waals surface area contributed by atoms with Crippen LogP contribution in [-0.4, -0.2) is 19.7 Å². The molecule has 0 spiro atoms. The van der Waals surface area contributed by atoms with E-state index in [1.165, 1.54) is 6.26 Å². The van der Waals surface area contributed by atoms with Crippen LogP contribution in [0.15, 0.2) is 34.7 Å². The number of rotatable bonds is 6. The monoisotopic (exact) mass is 344 g/mol. The fourth-order valence-electron chi connectivity index (χ4n) is 2.10. The molecule has 0 aliphatic rings. The zero-order valence-electron chi connectivity index (χ0n) is 11.8. The van der Waals surface area contributed by atoms with Crippen LogP contribution in [0.3, 0.4) is 0 Å². The lowest BCUT2D eigenvalue weighted by molar-refractivity contribution is 0.513. The second kappa shape index (κ2) is 6.87. The quantitative estimate of drug-likeness (QED) is 0.872. The van der Waals surface area contributed by atoms with E-state index in [0.717, 1.165) is 11.4 Å². The van der Waals surface area contributed by atoms with Crippen LogP contribution in [0.2, 0.25) is 5.02 Å². The maximum absolute atomic E-state index is 11.9. The molecule has 1 aromatic heterocycles. The maximum Gasteiger partial charge on any atom is 0.175 e. The average Bonchev–Trinajstić information content (AvgIpc) is 2.93. The van der Waals surface area contributed by atoms with Crippen LogP contribution in [0.1, 0.15) is 30.0 Å². The number of thiazole rings is 1. The number of nitrogens with one attached hydrogen (secondary N) is 1. The first-order chi connectivity index (χ1) is 9.93. The van der Waals surface area contributed by atoms with E-state index in [9.17, 15) is 8.42 Å². The molecule has 0 saturated carbocycles. The van der Waals surface area contributed by atoms with E-state index >= 15 is 0 Å². The number of hydrogen-bond acceptors (Lipinski definition) is 5. The molecule has 0 radical (unpaired) electrons. The lowest BCUT2D eigenvalue weighted by atomic mass is 10.2. The van der Waals surface area contributed by atoms with Crippen LogP contribution >= 0.6 is 22.9 Å². The third-order valence-corrected chi connectivity index (χ3v) is 5.58. The summed E-state index contributed by atoms with van der Waals surface area (Å²) in [6, 6.07) is 5.04.